The predicted molar refractivity (Wildman–Crippen MR) is 73.9 cm³/mol. The maximum atomic E-state index is 11.1. The first kappa shape index (κ1) is 14.0. The molecule has 2 aromatic rings. The average Bonchev–Trinajstić information content (AvgIpc) is 2.39. The lowest BCUT2D eigenvalue weighted by molar-refractivity contribution is 0.0694. The molecule has 0 radical (unpaired) electrons. The van der Waals surface area contributed by atoms with E-state index < -0.39 is 11.9 Å². The van der Waals surface area contributed by atoms with Crippen LogP contribution in [-0.2, 0) is 0 Å². The normalized spacial score (nSPS) is 10.1. The summed E-state index contributed by atoms with van der Waals surface area (Å²) in [7, 11) is 0. The van der Waals surface area contributed by atoms with Gasteiger partial charge in [-0.15, -0.1) is 0 Å². The number of benzene rings is 1. The van der Waals surface area contributed by atoms with Gasteiger partial charge in [-0.05, 0) is 24.3 Å². The third-order valence-corrected chi connectivity index (χ3v) is 2.90. The van der Waals surface area contributed by atoms with E-state index >= 15 is 0 Å². The quantitative estimate of drug-likeness (QED) is 0.892. The van der Waals surface area contributed by atoms with Gasteiger partial charge in [0.15, 0.2) is 0 Å². The fraction of sp³-hybridized carbons (Fsp3) is 0. The van der Waals surface area contributed by atoms with Gasteiger partial charge in [-0.3, -0.25) is 4.79 Å². The van der Waals surface area contributed by atoms with Gasteiger partial charge in [0.05, 0.1) is 5.56 Å². The molecule has 102 valence electrons. The second-order valence-electron chi connectivity index (χ2n) is 3.80. The maximum absolute atomic E-state index is 11.1. The Labute approximate surface area is 122 Å². The fourth-order valence-corrected chi connectivity index (χ4v) is 1.80. The number of primary amides is 1. The molecule has 1 heterocycles. The van der Waals surface area contributed by atoms with Crippen LogP contribution in [0.15, 0.2) is 41.0 Å². The summed E-state index contributed by atoms with van der Waals surface area (Å²) in [6, 6.07) is 7.42. The van der Waals surface area contributed by atoms with Gasteiger partial charge >= 0.3 is 5.97 Å². The number of nitrogens with two attached hydrogens (primary N) is 1. The lowest BCUT2D eigenvalue weighted by Gasteiger charge is -2.08. The highest BCUT2D eigenvalue weighted by Gasteiger charge is 2.13. The van der Waals surface area contributed by atoms with Gasteiger partial charge in [0.2, 0.25) is 11.8 Å². The molecule has 3 N–H and O–H groups in total. The molecular formula is C13H9BrN2O4. The number of carbonyl (C=O) groups is 2. The van der Waals surface area contributed by atoms with E-state index in [2.05, 4.69) is 20.9 Å². The Bertz CT molecular complexity index is 671. The Morgan fingerprint density at radius 1 is 1.25 bits per heavy atom. The van der Waals surface area contributed by atoms with Crippen LogP contribution >= 0.6 is 15.9 Å². The predicted octanol–water partition coefficient (Wildman–Crippen LogP) is 2.43. The first-order valence-electron chi connectivity index (χ1n) is 5.44. The Hall–Kier alpha value is -2.41. The molecule has 0 bridgehead atoms. The van der Waals surface area contributed by atoms with Gasteiger partial charge in [-0.2, -0.15) is 0 Å². The Kier molecular flexibility index (Phi) is 3.99. The number of aromatic nitrogens is 1. The van der Waals surface area contributed by atoms with Crippen LogP contribution in [-0.4, -0.2) is 22.0 Å². The zero-order chi connectivity index (χ0) is 14.7. The highest BCUT2D eigenvalue weighted by atomic mass is 79.9. The van der Waals surface area contributed by atoms with E-state index in [0.717, 1.165) is 0 Å². The molecule has 0 unspecified atom stereocenters. The number of aromatic carboxylic acids is 1. The van der Waals surface area contributed by atoms with E-state index in [1.54, 1.807) is 6.07 Å². The van der Waals surface area contributed by atoms with E-state index in [-0.39, 0.29) is 22.8 Å². The van der Waals surface area contributed by atoms with Crippen molar-refractivity contribution in [3.05, 3.63) is 52.1 Å². The zero-order valence-corrected chi connectivity index (χ0v) is 11.6. The van der Waals surface area contributed by atoms with Crippen LogP contribution in [0.2, 0.25) is 0 Å². The molecule has 20 heavy (non-hydrogen) atoms. The summed E-state index contributed by atoms with van der Waals surface area (Å²) in [6.07, 6.45) is 1.26. The average molecular weight is 337 g/mol. The molecule has 7 heteroatoms. The van der Waals surface area contributed by atoms with Crippen molar-refractivity contribution in [3.8, 4) is 11.6 Å². The van der Waals surface area contributed by atoms with Gasteiger partial charge in [0, 0.05) is 16.7 Å². The molecule has 0 atom stereocenters. The smallest absolute Gasteiger partial charge is 0.339 e. The van der Waals surface area contributed by atoms with E-state index in [1.807, 2.05) is 0 Å². The number of hydrogen-bond donors (Lipinski definition) is 2. The SMILES string of the molecule is NC(=O)c1ccc(Oc2cc(Br)ccc2C(=O)O)nc1. The second-order valence-corrected chi connectivity index (χ2v) is 4.71. The van der Waals surface area contributed by atoms with Crippen LogP contribution < -0.4 is 10.5 Å². The molecule has 1 amide bonds. The first-order valence-corrected chi connectivity index (χ1v) is 6.23. The molecule has 0 aliphatic heterocycles. The largest absolute Gasteiger partial charge is 0.478 e. The Morgan fingerprint density at radius 2 is 2.00 bits per heavy atom. The van der Waals surface area contributed by atoms with Crippen LogP contribution in [0.3, 0.4) is 0 Å². The van der Waals surface area contributed by atoms with Gasteiger partial charge in [0.25, 0.3) is 0 Å². The number of carboxylic acid groups (broad SMARTS) is 1. The third-order valence-electron chi connectivity index (χ3n) is 2.41. The molecule has 6 nitrogen and oxygen atoms in total. The van der Waals surface area contributed by atoms with Crippen molar-refractivity contribution in [2.24, 2.45) is 5.73 Å². The van der Waals surface area contributed by atoms with E-state index in [0.29, 0.717) is 4.47 Å². The molecule has 1 aromatic carbocycles. The zero-order valence-electron chi connectivity index (χ0n) is 10.0. The molecule has 0 saturated heterocycles. The maximum Gasteiger partial charge on any atom is 0.339 e. The van der Waals surface area contributed by atoms with Crippen LogP contribution in [0.25, 0.3) is 0 Å². The summed E-state index contributed by atoms with van der Waals surface area (Å²) < 4.78 is 6.08. The molecule has 0 aliphatic rings. The van der Waals surface area contributed by atoms with Crippen molar-refractivity contribution in [1.29, 1.82) is 0 Å². The highest BCUT2D eigenvalue weighted by Crippen LogP contribution is 2.27. The van der Waals surface area contributed by atoms with Gasteiger partial charge in [-0.25, -0.2) is 9.78 Å². The van der Waals surface area contributed by atoms with Crippen molar-refractivity contribution >= 4 is 27.8 Å². The lowest BCUT2D eigenvalue weighted by atomic mass is 10.2. The molecule has 2 rings (SSSR count). The summed E-state index contributed by atoms with van der Waals surface area (Å²) in [6.45, 7) is 0. The molecule has 0 saturated carbocycles. The minimum Gasteiger partial charge on any atom is -0.478 e. The minimum absolute atomic E-state index is 0.00831. The van der Waals surface area contributed by atoms with Crippen molar-refractivity contribution < 1.29 is 19.4 Å². The monoisotopic (exact) mass is 336 g/mol. The topological polar surface area (TPSA) is 103 Å². The van der Waals surface area contributed by atoms with Crippen LogP contribution in [0.5, 0.6) is 11.6 Å². The number of carbonyl (C=O) groups excluding carboxylic acids is 1. The lowest BCUT2D eigenvalue weighted by Crippen LogP contribution is -2.11. The van der Waals surface area contributed by atoms with E-state index in [4.69, 9.17) is 15.6 Å². The standard InChI is InChI=1S/C13H9BrN2O4/c14-8-2-3-9(13(18)19)10(5-8)20-11-4-1-7(6-16-11)12(15)17/h1-6H,(H2,15,17)(H,18,19). The number of rotatable bonds is 4. The van der Waals surface area contributed by atoms with Crippen molar-refractivity contribution in [1.82, 2.24) is 4.98 Å². The van der Waals surface area contributed by atoms with E-state index in [9.17, 15) is 9.59 Å². The van der Waals surface area contributed by atoms with Gasteiger partial charge in [-0.1, -0.05) is 15.9 Å². The van der Waals surface area contributed by atoms with Crippen LogP contribution in [0.4, 0.5) is 0 Å². The van der Waals surface area contributed by atoms with Crippen LogP contribution in [0, 0.1) is 0 Å². The summed E-state index contributed by atoms with van der Waals surface area (Å²) >= 11 is 3.23. The summed E-state index contributed by atoms with van der Waals surface area (Å²) in [5.74, 6) is -1.40. The number of carboxylic acids is 1. The Morgan fingerprint density at radius 3 is 2.55 bits per heavy atom. The van der Waals surface area contributed by atoms with Crippen molar-refractivity contribution in [2.45, 2.75) is 0 Å². The summed E-state index contributed by atoms with van der Waals surface area (Å²) in [5.41, 5.74) is 5.35. The number of hydrogen-bond acceptors (Lipinski definition) is 4. The summed E-state index contributed by atoms with van der Waals surface area (Å²) in [4.78, 5) is 25.9. The number of amides is 1. The van der Waals surface area contributed by atoms with Crippen molar-refractivity contribution in [3.63, 3.8) is 0 Å². The van der Waals surface area contributed by atoms with Gasteiger partial charge in [0.1, 0.15) is 11.3 Å². The number of ether oxygens (including phenoxy) is 1. The number of halogens is 1. The summed E-state index contributed by atoms with van der Waals surface area (Å²) in [5, 5.41) is 9.07. The number of pyridine rings is 1. The van der Waals surface area contributed by atoms with Crippen LogP contribution in [0.1, 0.15) is 20.7 Å². The fourth-order valence-electron chi connectivity index (χ4n) is 1.46. The highest BCUT2D eigenvalue weighted by molar-refractivity contribution is 9.10. The molecular weight excluding hydrogens is 328 g/mol. The molecule has 1 aromatic heterocycles. The minimum atomic E-state index is -1.11. The van der Waals surface area contributed by atoms with E-state index in [1.165, 1.54) is 30.5 Å². The second kappa shape index (κ2) is 5.70. The number of nitrogens with zero attached hydrogens (tertiary/aromatic N) is 1. The molecule has 0 fully saturated rings. The Balaban J connectivity index is 2.31. The third kappa shape index (κ3) is 3.12. The van der Waals surface area contributed by atoms with Crippen molar-refractivity contribution in [2.75, 3.05) is 0 Å². The molecule has 0 spiro atoms. The van der Waals surface area contributed by atoms with Gasteiger partial charge < -0.3 is 15.6 Å². The molecule has 0 aliphatic carbocycles. The first-order chi connectivity index (χ1) is 9.47.